The molecule has 2 atom stereocenters. The van der Waals surface area contributed by atoms with Crippen molar-refractivity contribution in [1.29, 1.82) is 0 Å². The van der Waals surface area contributed by atoms with E-state index >= 15 is 0 Å². The highest BCUT2D eigenvalue weighted by atomic mass is 15.2. The van der Waals surface area contributed by atoms with Crippen LogP contribution in [0.2, 0.25) is 0 Å². The Morgan fingerprint density at radius 2 is 2.14 bits per heavy atom. The van der Waals surface area contributed by atoms with Gasteiger partial charge in [0.2, 0.25) is 0 Å². The molecule has 3 rings (SSSR count). The Morgan fingerprint density at radius 1 is 1.29 bits per heavy atom. The molecule has 0 aromatic heterocycles. The van der Waals surface area contributed by atoms with E-state index < -0.39 is 0 Å². The van der Waals surface area contributed by atoms with Gasteiger partial charge in [0.15, 0.2) is 0 Å². The average molecular weight is 194 g/mol. The van der Waals surface area contributed by atoms with Crippen LogP contribution in [-0.4, -0.2) is 37.1 Å². The highest BCUT2D eigenvalue weighted by Gasteiger charge is 2.46. The topological polar surface area (TPSA) is 15.3 Å². The Balaban J connectivity index is 1.70. The van der Waals surface area contributed by atoms with E-state index in [9.17, 15) is 0 Å². The zero-order chi connectivity index (χ0) is 9.60. The van der Waals surface area contributed by atoms with Gasteiger partial charge in [-0.1, -0.05) is 6.92 Å². The van der Waals surface area contributed by atoms with Crippen LogP contribution in [0, 0.1) is 11.3 Å². The summed E-state index contributed by atoms with van der Waals surface area (Å²) >= 11 is 0. The van der Waals surface area contributed by atoms with Gasteiger partial charge in [0.25, 0.3) is 0 Å². The molecule has 2 saturated heterocycles. The molecule has 2 nitrogen and oxygen atoms in total. The fourth-order valence-electron chi connectivity index (χ4n) is 3.41. The Hall–Kier alpha value is -0.0800. The summed E-state index contributed by atoms with van der Waals surface area (Å²) in [7, 11) is 0. The quantitative estimate of drug-likeness (QED) is 0.680. The van der Waals surface area contributed by atoms with E-state index in [0.29, 0.717) is 5.41 Å². The van der Waals surface area contributed by atoms with Crippen molar-refractivity contribution in [3.8, 4) is 0 Å². The van der Waals surface area contributed by atoms with Gasteiger partial charge in [0.05, 0.1) is 0 Å². The summed E-state index contributed by atoms with van der Waals surface area (Å²) in [6, 6.07) is 0.983. The molecular formula is C12H22N2. The molecule has 14 heavy (non-hydrogen) atoms. The summed E-state index contributed by atoms with van der Waals surface area (Å²) in [5.41, 5.74) is 0.688. The lowest BCUT2D eigenvalue weighted by molar-refractivity contribution is 0.124. The molecule has 0 amide bonds. The molecule has 1 aliphatic carbocycles. The fourth-order valence-corrected chi connectivity index (χ4v) is 3.41. The molecule has 3 fully saturated rings. The summed E-state index contributed by atoms with van der Waals surface area (Å²) in [6.07, 6.45) is 5.83. The number of piperidine rings is 1. The summed E-state index contributed by atoms with van der Waals surface area (Å²) in [6.45, 7) is 7.74. The lowest BCUT2D eigenvalue weighted by Gasteiger charge is -2.40. The van der Waals surface area contributed by atoms with E-state index in [1.54, 1.807) is 0 Å². The second-order valence-corrected chi connectivity index (χ2v) is 5.67. The highest BCUT2D eigenvalue weighted by molar-refractivity contribution is 5.00. The monoisotopic (exact) mass is 194 g/mol. The van der Waals surface area contributed by atoms with Gasteiger partial charge >= 0.3 is 0 Å². The minimum atomic E-state index is 0.688. The zero-order valence-electron chi connectivity index (χ0n) is 9.26. The normalized spacial score (nSPS) is 44.8. The molecule has 2 heterocycles. The number of nitrogens with one attached hydrogen (secondary N) is 1. The first-order valence-corrected chi connectivity index (χ1v) is 6.25. The SMILES string of the molecule is CC1CNCCC12CCN(C1CC1)C2. The molecule has 80 valence electrons. The van der Waals surface area contributed by atoms with Crippen molar-refractivity contribution in [3.63, 3.8) is 0 Å². The van der Waals surface area contributed by atoms with E-state index in [1.807, 2.05) is 0 Å². The number of likely N-dealkylation sites (tertiary alicyclic amines) is 1. The second-order valence-electron chi connectivity index (χ2n) is 5.67. The highest BCUT2D eigenvalue weighted by Crippen LogP contribution is 2.45. The Morgan fingerprint density at radius 3 is 2.86 bits per heavy atom. The van der Waals surface area contributed by atoms with Crippen molar-refractivity contribution in [2.75, 3.05) is 26.2 Å². The molecule has 2 unspecified atom stereocenters. The molecule has 1 N–H and O–H groups in total. The van der Waals surface area contributed by atoms with Crippen molar-refractivity contribution in [1.82, 2.24) is 10.2 Å². The number of hydrogen-bond acceptors (Lipinski definition) is 2. The zero-order valence-corrected chi connectivity index (χ0v) is 9.26. The predicted molar refractivity (Wildman–Crippen MR) is 58.3 cm³/mol. The van der Waals surface area contributed by atoms with Gasteiger partial charge in [0, 0.05) is 12.6 Å². The van der Waals surface area contributed by atoms with Gasteiger partial charge < -0.3 is 5.32 Å². The summed E-state index contributed by atoms with van der Waals surface area (Å²) in [4.78, 5) is 2.77. The van der Waals surface area contributed by atoms with Crippen molar-refractivity contribution in [2.24, 2.45) is 11.3 Å². The summed E-state index contributed by atoms with van der Waals surface area (Å²) in [5.74, 6) is 0.889. The van der Waals surface area contributed by atoms with Gasteiger partial charge in [-0.25, -0.2) is 0 Å². The Bertz CT molecular complexity index is 224. The molecular weight excluding hydrogens is 172 g/mol. The standard InChI is InChI=1S/C12H22N2/c1-10-8-13-6-4-12(10)5-7-14(9-12)11-2-3-11/h10-11,13H,2-9H2,1H3. The smallest absolute Gasteiger partial charge is 0.00966 e. The van der Waals surface area contributed by atoms with Crippen LogP contribution in [0.5, 0.6) is 0 Å². The maximum atomic E-state index is 3.53. The van der Waals surface area contributed by atoms with Gasteiger partial charge in [-0.2, -0.15) is 0 Å². The van der Waals surface area contributed by atoms with Crippen LogP contribution in [0.15, 0.2) is 0 Å². The number of rotatable bonds is 1. The van der Waals surface area contributed by atoms with Crippen molar-refractivity contribution < 1.29 is 0 Å². The van der Waals surface area contributed by atoms with Gasteiger partial charge in [-0.3, -0.25) is 4.90 Å². The molecule has 2 heteroatoms. The summed E-state index contributed by atoms with van der Waals surface area (Å²) in [5, 5.41) is 3.53. The van der Waals surface area contributed by atoms with E-state index in [-0.39, 0.29) is 0 Å². The minimum absolute atomic E-state index is 0.688. The minimum Gasteiger partial charge on any atom is -0.316 e. The summed E-state index contributed by atoms with van der Waals surface area (Å²) < 4.78 is 0. The van der Waals surface area contributed by atoms with Crippen LogP contribution in [0.1, 0.15) is 32.6 Å². The van der Waals surface area contributed by atoms with Crippen LogP contribution in [0.4, 0.5) is 0 Å². The molecule has 3 aliphatic rings. The fraction of sp³-hybridized carbons (Fsp3) is 1.00. The Kier molecular flexibility index (Phi) is 2.10. The van der Waals surface area contributed by atoms with Crippen LogP contribution in [0.3, 0.4) is 0 Å². The maximum absolute atomic E-state index is 3.53. The van der Waals surface area contributed by atoms with E-state index in [1.165, 1.54) is 51.9 Å². The first-order chi connectivity index (χ1) is 6.80. The molecule has 1 spiro atoms. The van der Waals surface area contributed by atoms with Crippen LogP contribution in [0.25, 0.3) is 0 Å². The molecule has 1 saturated carbocycles. The molecule has 0 aromatic rings. The van der Waals surface area contributed by atoms with Crippen LogP contribution >= 0.6 is 0 Å². The van der Waals surface area contributed by atoms with E-state index in [0.717, 1.165) is 12.0 Å². The lowest BCUT2D eigenvalue weighted by atomic mass is 9.71. The van der Waals surface area contributed by atoms with Crippen LogP contribution < -0.4 is 5.32 Å². The number of hydrogen-bond donors (Lipinski definition) is 1. The maximum Gasteiger partial charge on any atom is 0.00966 e. The molecule has 0 bridgehead atoms. The van der Waals surface area contributed by atoms with Crippen molar-refractivity contribution in [3.05, 3.63) is 0 Å². The predicted octanol–water partition coefficient (Wildman–Crippen LogP) is 1.47. The van der Waals surface area contributed by atoms with E-state index in [2.05, 4.69) is 17.1 Å². The number of nitrogens with zero attached hydrogens (tertiary/aromatic N) is 1. The third kappa shape index (κ3) is 1.40. The lowest BCUT2D eigenvalue weighted by Crippen LogP contribution is -2.45. The second kappa shape index (κ2) is 3.21. The largest absolute Gasteiger partial charge is 0.316 e. The average Bonchev–Trinajstić information content (AvgIpc) is 2.95. The third-order valence-corrected chi connectivity index (χ3v) is 4.77. The van der Waals surface area contributed by atoms with Gasteiger partial charge in [0.1, 0.15) is 0 Å². The van der Waals surface area contributed by atoms with Gasteiger partial charge in [-0.05, 0) is 56.7 Å². The first-order valence-electron chi connectivity index (χ1n) is 6.25. The molecule has 2 aliphatic heterocycles. The van der Waals surface area contributed by atoms with Crippen LogP contribution in [-0.2, 0) is 0 Å². The molecule has 0 radical (unpaired) electrons. The molecule has 0 aromatic carbocycles. The van der Waals surface area contributed by atoms with Gasteiger partial charge in [-0.15, -0.1) is 0 Å². The Labute approximate surface area is 87.0 Å². The van der Waals surface area contributed by atoms with E-state index in [4.69, 9.17) is 0 Å². The van der Waals surface area contributed by atoms with Crippen molar-refractivity contribution >= 4 is 0 Å². The third-order valence-electron chi connectivity index (χ3n) is 4.77. The first kappa shape index (κ1) is 9.17. The van der Waals surface area contributed by atoms with Crippen molar-refractivity contribution in [2.45, 2.75) is 38.6 Å².